The van der Waals surface area contributed by atoms with E-state index in [0.717, 1.165) is 66.9 Å². The third-order valence-corrected chi connectivity index (χ3v) is 6.45. The van der Waals surface area contributed by atoms with Crippen LogP contribution in [0.25, 0.3) is 16.6 Å². The minimum atomic E-state index is 0.226. The van der Waals surface area contributed by atoms with E-state index in [9.17, 15) is 4.79 Å². The Morgan fingerprint density at radius 3 is 2.75 bits per heavy atom. The Hall–Kier alpha value is -3.41. The molecule has 0 aliphatic carbocycles. The fourth-order valence-corrected chi connectivity index (χ4v) is 4.63. The highest BCUT2D eigenvalue weighted by Crippen LogP contribution is 2.26. The molecule has 32 heavy (non-hydrogen) atoms. The average molecular weight is 430 g/mol. The van der Waals surface area contributed by atoms with E-state index >= 15 is 0 Å². The minimum absolute atomic E-state index is 0.226. The lowest BCUT2D eigenvalue weighted by molar-refractivity contribution is -0.130. The van der Waals surface area contributed by atoms with Gasteiger partial charge in [0.2, 0.25) is 5.91 Å². The number of hydrogen-bond acceptors (Lipinski definition) is 4. The van der Waals surface area contributed by atoms with Crippen LogP contribution in [0, 0.1) is 18.3 Å². The molecule has 1 aliphatic heterocycles. The number of rotatable bonds is 6. The van der Waals surface area contributed by atoms with E-state index in [1.54, 1.807) is 0 Å². The molecule has 0 spiro atoms. The molecule has 1 amide bonds. The van der Waals surface area contributed by atoms with Crippen molar-refractivity contribution in [2.45, 2.75) is 39.2 Å². The number of benzene rings is 2. The number of carbonyl (C=O) groups excluding carboxylic acids is 1. The summed E-state index contributed by atoms with van der Waals surface area (Å²) in [6.07, 6.45) is 6.35. The molecule has 0 bridgehead atoms. The van der Waals surface area contributed by atoms with Crippen molar-refractivity contribution in [3.8, 4) is 0 Å². The molecular weight excluding hydrogens is 398 g/mol. The van der Waals surface area contributed by atoms with Gasteiger partial charge in [-0.05, 0) is 55.4 Å². The van der Waals surface area contributed by atoms with Crippen LogP contribution in [0.5, 0.6) is 0 Å². The number of aromatic nitrogens is 2. The van der Waals surface area contributed by atoms with Gasteiger partial charge in [0.05, 0.1) is 17.5 Å². The van der Waals surface area contributed by atoms with Gasteiger partial charge in [-0.25, -0.2) is 4.98 Å². The largest absolute Gasteiger partial charge is 0.404 e. The van der Waals surface area contributed by atoms with Gasteiger partial charge in [-0.1, -0.05) is 36.4 Å². The summed E-state index contributed by atoms with van der Waals surface area (Å²) in [5.74, 6) is 1.73. The van der Waals surface area contributed by atoms with Crippen LogP contribution < -0.4 is 5.73 Å². The van der Waals surface area contributed by atoms with Gasteiger partial charge in [0.15, 0.2) is 0 Å². The first-order valence-corrected chi connectivity index (χ1v) is 11.3. The standard InChI is InChI=1S/C26H31N5O/c1-19-29-24-15-22(23(16-27)17-28)9-10-25(24)31(19)18-21-8-5-12-30(13-11-21)26(32)14-20-6-3-2-4-7-20/h2-4,6-7,9-10,15-17,21,27H,5,8,11-14,18,28H2,1H3/b23-17+,27-16?. The molecule has 1 fully saturated rings. The van der Waals surface area contributed by atoms with Crippen molar-refractivity contribution in [2.24, 2.45) is 11.7 Å². The van der Waals surface area contributed by atoms with Crippen LogP contribution in [0.15, 0.2) is 54.7 Å². The van der Waals surface area contributed by atoms with Crippen molar-refractivity contribution < 1.29 is 4.79 Å². The first-order chi connectivity index (χ1) is 15.6. The number of nitrogens with zero attached hydrogens (tertiary/aromatic N) is 3. The van der Waals surface area contributed by atoms with Crippen molar-refractivity contribution >= 4 is 28.7 Å². The fourth-order valence-electron chi connectivity index (χ4n) is 4.63. The second-order valence-electron chi connectivity index (χ2n) is 8.58. The normalized spacial score (nSPS) is 17.3. The molecule has 1 atom stereocenters. The summed E-state index contributed by atoms with van der Waals surface area (Å²) in [7, 11) is 0. The van der Waals surface area contributed by atoms with Gasteiger partial charge in [-0.15, -0.1) is 0 Å². The number of likely N-dealkylation sites (tertiary alicyclic amines) is 1. The third kappa shape index (κ3) is 4.74. The van der Waals surface area contributed by atoms with E-state index < -0.39 is 0 Å². The van der Waals surface area contributed by atoms with Crippen LogP contribution >= 0.6 is 0 Å². The van der Waals surface area contributed by atoms with E-state index in [4.69, 9.17) is 16.1 Å². The summed E-state index contributed by atoms with van der Waals surface area (Å²) >= 11 is 0. The molecule has 0 saturated carbocycles. The van der Waals surface area contributed by atoms with Gasteiger partial charge in [-0.3, -0.25) is 4.79 Å². The Morgan fingerprint density at radius 2 is 2.00 bits per heavy atom. The van der Waals surface area contributed by atoms with E-state index in [1.165, 1.54) is 12.4 Å². The molecule has 2 aromatic carbocycles. The zero-order valence-electron chi connectivity index (χ0n) is 18.6. The van der Waals surface area contributed by atoms with Gasteiger partial charge in [0.1, 0.15) is 5.82 Å². The van der Waals surface area contributed by atoms with Crippen LogP contribution in [0.1, 0.15) is 36.2 Å². The van der Waals surface area contributed by atoms with Crippen molar-refractivity contribution in [1.82, 2.24) is 14.5 Å². The predicted octanol–water partition coefficient (Wildman–Crippen LogP) is 4.17. The number of imidazole rings is 1. The molecular formula is C26H31N5O. The van der Waals surface area contributed by atoms with Crippen LogP contribution in [0.3, 0.4) is 0 Å². The Labute approximate surface area is 189 Å². The van der Waals surface area contributed by atoms with E-state index in [1.807, 2.05) is 54.3 Å². The summed E-state index contributed by atoms with van der Waals surface area (Å²) in [5.41, 5.74) is 10.3. The second-order valence-corrected chi connectivity index (χ2v) is 8.58. The molecule has 6 nitrogen and oxygen atoms in total. The zero-order chi connectivity index (χ0) is 22.5. The maximum atomic E-state index is 12.8. The Morgan fingerprint density at radius 1 is 1.19 bits per heavy atom. The fraction of sp³-hybridized carbons (Fsp3) is 0.346. The maximum Gasteiger partial charge on any atom is 0.226 e. The van der Waals surface area contributed by atoms with Gasteiger partial charge in [-0.2, -0.15) is 0 Å². The Bertz CT molecular complexity index is 1130. The number of fused-ring (bicyclic) bond motifs is 1. The number of nitrogens with one attached hydrogen (secondary N) is 1. The van der Waals surface area contributed by atoms with Crippen LogP contribution in [0.4, 0.5) is 0 Å². The van der Waals surface area contributed by atoms with Crippen LogP contribution in [0.2, 0.25) is 0 Å². The summed E-state index contributed by atoms with van der Waals surface area (Å²) in [6.45, 7) is 4.61. The molecule has 2 heterocycles. The molecule has 1 unspecified atom stereocenters. The van der Waals surface area contributed by atoms with Gasteiger partial charge in [0.25, 0.3) is 0 Å². The first-order valence-electron chi connectivity index (χ1n) is 11.3. The number of allylic oxidation sites excluding steroid dienone is 1. The summed E-state index contributed by atoms with van der Waals surface area (Å²) in [6, 6.07) is 16.1. The van der Waals surface area contributed by atoms with E-state index in [-0.39, 0.29) is 5.91 Å². The van der Waals surface area contributed by atoms with Crippen LogP contribution in [-0.4, -0.2) is 39.7 Å². The lowest BCUT2D eigenvalue weighted by atomic mass is 10.0. The molecule has 0 radical (unpaired) electrons. The quantitative estimate of drug-likeness (QED) is 0.577. The molecule has 1 aliphatic rings. The highest BCUT2D eigenvalue weighted by Gasteiger charge is 2.22. The van der Waals surface area contributed by atoms with E-state index in [0.29, 0.717) is 17.9 Å². The summed E-state index contributed by atoms with van der Waals surface area (Å²) < 4.78 is 2.29. The number of aryl methyl sites for hydroxylation is 1. The summed E-state index contributed by atoms with van der Waals surface area (Å²) in [4.78, 5) is 19.6. The average Bonchev–Trinajstić information content (AvgIpc) is 2.96. The number of hydrogen-bond donors (Lipinski definition) is 2. The monoisotopic (exact) mass is 429 g/mol. The van der Waals surface area contributed by atoms with E-state index in [2.05, 4.69) is 10.6 Å². The maximum absolute atomic E-state index is 12.8. The highest BCUT2D eigenvalue weighted by atomic mass is 16.2. The highest BCUT2D eigenvalue weighted by molar-refractivity contribution is 6.09. The van der Waals surface area contributed by atoms with Crippen LogP contribution in [-0.2, 0) is 17.8 Å². The van der Waals surface area contributed by atoms with Crippen molar-refractivity contribution in [1.29, 1.82) is 5.41 Å². The number of nitrogens with two attached hydrogens (primary N) is 1. The smallest absolute Gasteiger partial charge is 0.226 e. The lowest BCUT2D eigenvalue weighted by Crippen LogP contribution is -2.33. The Kier molecular flexibility index (Phi) is 6.69. The minimum Gasteiger partial charge on any atom is -0.404 e. The van der Waals surface area contributed by atoms with Gasteiger partial charge in [0, 0.05) is 37.6 Å². The topological polar surface area (TPSA) is 88.0 Å². The second kappa shape index (κ2) is 9.81. The summed E-state index contributed by atoms with van der Waals surface area (Å²) in [5, 5.41) is 7.53. The van der Waals surface area contributed by atoms with Gasteiger partial charge >= 0.3 is 0 Å². The molecule has 1 aromatic heterocycles. The Balaban J connectivity index is 1.44. The molecule has 166 valence electrons. The van der Waals surface area contributed by atoms with Crippen molar-refractivity contribution in [2.75, 3.05) is 13.1 Å². The molecule has 1 saturated heterocycles. The van der Waals surface area contributed by atoms with Gasteiger partial charge < -0.3 is 20.6 Å². The number of carbonyl (C=O) groups is 1. The predicted molar refractivity (Wildman–Crippen MR) is 129 cm³/mol. The third-order valence-electron chi connectivity index (χ3n) is 6.45. The lowest BCUT2D eigenvalue weighted by Gasteiger charge is -2.21. The molecule has 3 aromatic rings. The van der Waals surface area contributed by atoms with Crippen molar-refractivity contribution in [3.05, 3.63) is 71.7 Å². The SMILES string of the molecule is Cc1nc2cc(/C(C=N)=C/N)ccc2n1CC1CCCN(C(=O)Cc2ccccc2)CC1. The molecule has 3 N–H and O–H groups in total. The van der Waals surface area contributed by atoms with Crippen molar-refractivity contribution in [3.63, 3.8) is 0 Å². The molecule has 6 heteroatoms. The molecule has 4 rings (SSSR count). The zero-order valence-corrected chi connectivity index (χ0v) is 18.6. The first kappa shape index (κ1) is 21.8. The number of amides is 1.